The van der Waals surface area contributed by atoms with Gasteiger partial charge in [0.15, 0.2) is 0 Å². The summed E-state index contributed by atoms with van der Waals surface area (Å²) in [6, 6.07) is 0. The largest absolute Gasteiger partial charge is 0.370 e. The number of carbonyl (C=O) groups is 1. The Morgan fingerprint density at radius 1 is 1.50 bits per heavy atom. The molecule has 1 atom stereocenters. The van der Waals surface area contributed by atoms with Crippen LogP contribution in [0.4, 0.5) is 0 Å². The third-order valence-electron chi connectivity index (χ3n) is 2.28. The molecule has 96 valence electrons. The normalized spacial score (nSPS) is 13.9. The van der Waals surface area contributed by atoms with Crippen molar-refractivity contribution in [2.45, 2.75) is 20.0 Å². The number of amides is 1. The summed E-state index contributed by atoms with van der Waals surface area (Å²) in [5, 5.41) is 2.86. The second-order valence-electron chi connectivity index (χ2n) is 5.08. The minimum absolute atomic E-state index is 0.0338. The van der Waals surface area contributed by atoms with Crippen molar-refractivity contribution in [3.63, 3.8) is 0 Å². The van der Waals surface area contributed by atoms with Crippen LogP contribution in [0.3, 0.4) is 0 Å². The Hall–Kier alpha value is -0.650. The number of carbonyl (C=O) groups excluding carboxylic acids is 1. The van der Waals surface area contributed by atoms with E-state index in [0.717, 1.165) is 6.54 Å². The van der Waals surface area contributed by atoms with Gasteiger partial charge in [-0.05, 0) is 19.5 Å². The zero-order valence-corrected chi connectivity index (χ0v) is 11.0. The highest BCUT2D eigenvalue weighted by molar-refractivity contribution is 5.81. The van der Waals surface area contributed by atoms with Crippen LogP contribution in [0, 0.1) is 5.41 Å². The van der Waals surface area contributed by atoms with Crippen molar-refractivity contribution < 1.29 is 9.53 Å². The first-order valence-electron chi connectivity index (χ1n) is 5.47. The van der Waals surface area contributed by atoms with Crippen LogP contribution < -0.4 is 11.1 Å². The van der Waals surface area contributed by atoms with Gasteiger partial charge in [0.2, 0.25) is 5.91 Å². The monoisotopic (exact) mass is 231 g/mol. The second-order valence-corrected chi connectivity index (χ2v) is 5.08. The molecule has 0 aliphatic carbocycles. The second kappa shape index (κ2) is 6.83. The number of hydrogen-bond donors (Lipinski definition) is 2. The SMILES string of the molecule is COC(CN)C(=O)NCC(C)(C)CN(C)C. The minimum Gasteiger partial charge on any atom is -0.370 e. The minimum atomic E-state index is -0.546. The lowest BCUT2D eigenvalue weighted by Crippen LogP contribution is -2.46. The van der Waals surface area contributed by atoms with Crippen molar-refractivity contribution in [2.75, 3.05) is 40.8 Å². The molecule has 0 aromatic carbocycles. The number of nitrogens with one attached hydrogen (secondary N) is 1. The lowest BCUT2D eigenvalue weighted by Gasteiger charge is -2.29. The summed E-state index contributed by atoms with van der Waals surface area (Å²) < 4.78 is 4.96. The molecule has 1 unspecified atom stereocenters. The summed E-state index contributed by atoms with van der Waals surface area (Å²) in [4.78, 5) is 13.7. The van der Waals surface area contributed by atoms with Crippen molar-refractivity contribution in [1.82, 2.24) is 10.2 Å². The number of methoxy groups -OCH3 is 1. The first-order valence-corrected chi connectivity index (χ1v) is 5.47. The van der Waals surface area contributed by atoms with Gasteiger partial charge in [0.05, 0.1) is 0 Å². The summed E-state index contributed by atoms with van der Waals surface area (Å²) in [6.45, 7) is 5.95. The fourth-order valence-corrected chi connectivity index (χ4v) is 1.66. The van der Waals surface area contributed by atoms with Gasteiger partial charge in [0, 0.05) is 26.7 Å². The van der Waals surface area contributed by atoms with Crippen LogP contribution in [0.1, 0.15) is 13.8 Å². The van der Waals surface area contributed by atoms with Crippen LogP contribution in [0.25, 0.3) is 0 Å². The van der Waals surface area contributed by atoms with E-state index in [-0.39, 0.29) is 17.9 Å². The van der Waals surface area contributed by atoms with Crippen LogP contribution >= 0.6 is 0 Å². The van der Waals surface area contributed by atoms with E-state index in [2.05, 4.69) is 24.1 Å². The van der Waals surface area contributed by atoms with E-state index in [0.29, 0.717) is 6.54 Å². The Labute approximate surface area is 98.3 Å². The highest BCUT2D eigenvalue weighted by atomic mass is 16.5. The van der Waals surface area contributed by atoms with Crippen molar-refractivity contribution >= 4 is 5.91 Å². The summed E-state index contributed by atoms with van der Waals surface area (Å²) in [6.07, 6.45) is -0.546. The predicted molar refractivity (Wildman–Crippen MR) is 65.2 cm³/mol. The third-order valence-corrected chi connectivity index (χ3v) is 2.28. The maximum Gasteiger partial charge on any atom is 0.250 e. The van der Waals surface area contributed by atoms with E-state index in [4.69, 9.17) is 10.5 Å². The molecule has 0 radical (unpaired) electrons. The van der Waals surface area contributed by atoms with Gasteiger partial charge in [0.1, 0.15) is 6.10 Å². The molecule has 5 heteroatoms. The summed E-state index contributed by atoms with van der Waals surface area (Å²) in [5.74, 6) is -0.142. The maximum absolute atomic E-state index is 11.6. The topological polar surface area (TPSA) is 67.6 Å². The lowest BCUT2D eigenvalue weighted by molar-refractivity contribution is -0.130. The molecule has 0 bridgehead atoms. The average molecular weight is 231 g/mol. The van der Waals surface area contributed by atoms with Gasteiger partial charge in [-0.25, -0.2) is 0 Å². The number of nitrogens with two attached hydrogens (primary N) is 1. The van der Waals surface area contributed by atoms with Crippen LogP contribution in [0.2, 0.25) is 0 Å². The van der Waals surface area contributed by atoms with Gasteiger partial charge in [-0.3, -0.25) is 4.79 Å². The predicted octanol–water partition coefficient (Wildman–Crippen LogP) is -0.336. The Morgan fingerprint density at radius 2 is 2.06 bits per heavy atom. The number of hydrogen-bond acceptors (Lipinski definition) is 4. The molecule has 0 spiro atoms. The first-order chi connectivity index (χ1) is 7.32. The van der Waals surface area contributed by atoms with E-state index >= 15 is 0 Å². The molecule has 0 aliphatic rings. The van der Waals surface area contributed by atoms with Gasteiger partial charge < -0.3 is 20.7 Å². The highest BCUT2D eigenvalue weighted by Crippen LogP contribution is 2.14. The van der Waals surface area contributed by atoms with E-state index in [1.54, 1.807) is 0 Å². The molecule has 0 aromatic heterocycles. The van der Waals surface area contributed by atoms with Crippen molar-refractivity contribution in [3.05, 3.63) is 0 Å². The fraction of sp³-hybridized carbons (Fsp3) is 0.909. The van der Waals surface area contributed by atoms with Gasteiger partial charge in [-0.15, -0.1) is 0 Å². The quantitative estimate of drug-likeness (QED) is 0.629. The number of ether oxygens (including phenoxy) is 1. The zero-order valence-electron chi connectivity index (χ0n) is 11.0. The third kappa shape index (κ3) is 6.05. The standard InChI is InChI=1S/C11H25N3O2/c1-11(2,8-14(3)4)7-13-10(15)9(6-12)16-5/h9H,6-8,12H2,1-5H3,(H,13,15). The van der Waals surface area contributed by atoms with E-state index in [9.17, 15) is 4.79 Å². The Bertz CT molecular complexity index is 213. The van der Waals surface area contributed by atoms with Crippen molar-refractivity contribution in [2.24, 2.45) is 11.1 Å². The zero-order chi connectivity index (χ0) is 12.8. The van der Waals surface area contributed by atoms with Gasteiger partial charge in [-0.2, -0.15) is 0 Å². The number of nitrogens with zero attached hydrogens (tertiary/aromatic N) is 1. The van der Waals surface area contributed by atoms with E-state index in [1.807, 2.05) is 14.1 Å². The van der Waals surface area contributed by atoms with Gasteiger partial charge in [-0.1, -0.05) is 13.8 Å². The molecule has 3 N–H and O–H groups in total. The van der Waals surface area contributed by atoms with E-state index in [1.165, 1.54) is 7.11 Å². The Morgan fingerprint density at radius 3 is 2.44 bits per heavy atom. The Kier molecular flexibility index (Phi) is 6.55. The molecule has 0 saturated heterocycles. The summed E-state index contributed by atoms with van der Waals surface area (Å²) in [7, 11) is 5.52. The maximum atomic E-state index is 11.6. The first kappa shape index (κ1) is 15.3. The molecule has 1 amide bonds. The Balaban J connectivity index is 4.08. The summed E-state index contributed by atoms with van der Waals surface area (Å²) in [5.41, 5.74) is 5.44. The van der Waals surface area contributed by atoms with Crippen molar-refractivity contribution in [3.8, 4) is 0 Å². The highest BCUT2D eigenvalue weighted by Gasteiger charge is 2.22. The van der Waals surface area contributed by atoms with Crippen LogP contribution in [0.15, 0.2) is 0 Å². The average Bonchev–Trinajstić information content (AvgIpc) is 2.15. The smallest absolute Gasteiger partial charge is 0.250 e. The molecule has 0 fully saturated rings. The van der Waals surface area contributed by atoms with Gasteiger partial charge in [0.25, 0.3) is 0 Å². The lowest BCUT2D eigenvalue weighted by atomic mass is 9.93. The van der Waals surface area contributed by atoms with Crippen molar-refractivity contribution in [1.29, 1.82) is 0 Å². The number of rotatable bonds is 7. The summed E-state index contributed by atoms with van der Waals surface area (Å²) >= 11 is 0. The van der Waals surface area contributed by atoms with Crippen LogP contribution in [0.5, 0.6) is 0 Å². The fourth-order valence-electron chi connectivity index (χ4n) is 1.66. The molecule has 0 aromatic rings. The molecule has 5 nitrogen and oxygen atoms in total. The molecule has 0 saturated carbocycles. The van der Waals surface area contributed by atoms with Crippen LogP contribution in [-0.2, 0) is 9.53 Å². The van der Waals surface area contributed by atoms with Crippen LogP contribution in [-0.4, -0.2) is 57.8 Å². The molecular formula is C11H25N3O2. The molecule has 16 heavy (non-hydrogen) atoms. The molecule has 0 rings (SSSR count). The van der Waals surface area contributed by atoms with E-state index < -0.39 is 6.10 Å². The molecule has 0 heterocycles. The van der Waals surface area contributed by atoms with Gasteiger partial charge >= 0.3 is 0 Å². The molecular weight excluding hydrogens is 206 g/mol. The molecule has 0 aliphatic heterocycles.